The highest BCUT2D eigenvalue weighted by Gasteiger charge is 2.43. The number of hydrogen-bond donors (Lipinski definition) is 1. The van der Waals surface area contributed by atoms with E-state index < -0.39 is 15.6 Å². The summed E-state index contributed by atoms with van der Waals surface area (Å²) in [5.74, 6) is -0.367. The Morgan fingerprint density at radius 3 is 2.67 bits per heavy atom. The summed E-state index contributed by atoms with van der Waals surface area (Å²) in [7, 11) is -3.43. The number of hydrogen-bond acceptors (Lipinski definition) is 3. The van der Waals surface area contributed by atoms with E-state index in [-0.39, 0.29) is 17.5 Å². The van der Waals surface area contributed by atoms with Gasteiger partial charge in [-0.3, -0.25) is 4.79 Å². The molecule has 1 N–H and O–H groups in total. The number of nitrogens with one attached hydrogen (secondary N) is 1. The molecule has 0 aromatic carbocycles. The van der Waals surface area contributed by atoms with Crippen molar-refractivity contribution in [3.05, 3.63) is 0 Å². The van der Waals surface area contributed by atoms with Crippen molar-refractivity contribution in [1.82, 2.24) is 9.62 Å². The highest BCUT2D eigenvalue weighted by Crippen LogP contribution is 2.21. The first kappa shape index (κ1) is 12.7. The summed E-state index contributed by atoms with van der Waals surface area (Å²) in [6.45, 7) is 3.84. The molecule has 15 heavy (non-hydrogen) atoms. The number of halogens is 1. The Bertz CT molecular complexity index is 353. The van der Waals surface area contributed by atoms with Crippen LogP contribution in [0.25, 0.3) is 0 Å². The summed E-state index contributed by atoms with van der Waals surface area (Å²) in [5, 5.41) is 2.64. The fraction of sp³-hybridized carbons (Fsp3) is 0.875. The largest absolute Gasteiger partial charge is 0.353 e. The zero-order valence-corrected chi connectivity index (χ0v) is 10.4. The summed E-state index contributed by atoms with van der Waals surface area (Å²) >= 11 is 5.43. The molecule has 0 aliphatic carbocycles. The minimum atomic E-state index is -3.43. The molecule has 0 saturated carbocycles. The van der Waals surface area contributed by atoms with Gasteiger partial charge in [0.05, 0.1) is 5.75 Å². The van der Waals surface area contributed by atoms with Crippen molar-refractivity contribution < 1.29 is 13.2 Å². The number of rotatable bonds is 3. The predicted octanol–water partition coefficient (Wildman–Crippen LogP) is -0.235. The number of carbonyl (C=O) groups is 1. The third-order valence-corrected chi connectivity index (χ3v) is 4.89. The van der Waals surface area contributed by atoms with Gasteiger partial charge >= 0.3 is 0 Å². The van der Waals surface area contributed by atoms with E-state index in [1.54, 1.807) is 13.8 Å². The van der Waals surface area contributed by atoms with Gasteiger partial charge in [0.25, 0.3) is 0 Å². The van der Waals surface area contributed by atoms with Crippen molar-refractivity contribution in [2.75, 3.05) is 24.7 Å². The number of amides is 1. The molecule has 0 bridgehead atoms. The second-order valence-electron chi connectivity index (χ2n) is 3.89. The summed E-state index contributed by atoms with van der Waals surface area (Å²) in [6.07, 6.45) is 0. The topological polar surface area (TPSA) is 66.5 Å². The number of nitrogens with zero attached hydrogens (tertiary/aromatic N) is 1. The lowest BCUT2D eigenvalue weighted by Crippen LogP contribution is -2.63. The molecule has 88 valence electrons. The first-order chi connectivity index (χ1) is 6.82. The predicted molar refractivity (Wildman–Crippen MR) is 58.3 cm³/mol. The Morgan fingerprint density at radius 2 is 2.13 bits per heavy atom. The van der Waals surface area contributed by atoms with Gasteiger partial charge in [-0.1, -0.05) is 0 Å². The lowest BCUT2D eigenvalue weighted by Gasteiger charge is -2.39. The van der Waals surface area contributed by atoms with Crippen LogP contribution in [0.5, 0.6) is 0 Å². The fourth-order valence-electron chi connectivity index (χ4n) is 1.57. The van der Waals surface area contributed by atoms with E-state index in [9.17, 15) is 13.2 Å². The van der Waals surface area contributed by atoms with Crippen LogP contribution < -0.4 is 5.32 Å². The maximum Gasteiger partial charge on any atom is 0.241 e. The fourth-order valence-corrected chi connectivity index (χ4v) is 3.72. The molecular formula is C8H15ClN2O3S. The number of sulfonamides is 1. The second-order valence-corrected chi connectivity index (χ2v) is 6.28. The van der Waals surface area contributed by atoms with E-state index in [2.05, 4.69) is 5.32 Å². The van der Waals surface area contributed by atoms with E-state index in [0.717, 1.165) is 0 Å². The molecule has 0 spiro atoms. The molecule has 1 amide bonds. The molecule has 5 nitrogen and oxygen atoms in total. The van der Waals surface area contributed by atoms with Crippen LogP contribution in [0.15, 0.2) is 0 Å². The Balaban J connectivity index is 2.99. The molecule has 0 atom stereocenters. The molecule has 1 aliphatic heterocycles. The van der Waals surface area contributed by atoms with Crippen molar-refractivity contribution in [3.8, 4) is 0 Å². The smallest absolute Gasteiger partial charge is 0.241 e. The Kier molecular flexibility index (Phi) is 3.63. The Morgan fingerprint density at radius 1 is 1.53 bits per heavy atom. The van der Waals surface area contributed by atoms with Gasteiger partial charge in [0.1, 0.15) is 5.54 Å². The molecule has 7 heteroatoms. The van der Waals surface area contributed by atoms with Crippen LogP contribution in [0.3, 0.4) is 0 Å². The van der Waals surface area contributed by atoms with Gasteiger partial charge in [-0.25, -0.2) is 8.42 Å². The zero-order chi connectivity index (χ0) is 11.7. The maximum absolute atomic E-state index is 11.8. The van der Waals surface area contributed by atoms with Crippen molar-refractivity contribution in [3.63, 3.8) is 0 Å². The summed E-state index contributed by atoms with van der Waals surface area (Å²) in [5.41, 5.74) is -1.02. The zero-order valence-electron chi connectivity index (χ0n) is 8.79. The van der Waals surface area contributed by atoms with Crippen molar-refractivity contribution in [2.45, 2.75) is 19.4 Å². The highest BCUT2D eigenvalue weighted by atomic mass is 35.5. The van der Waals surface area contributed by atoms with Crippen LogP contribution in [-0.4, -0.2) is 48.9 Å². The molecule has 1 fully saturated rings. The lowest BCUT2D eigenvalue weighted by molar-refractivity contribution is -0.131. The van der Waals surface area contributed by atoms with Crippen LogP contribution in [0.1, 0.15) is 13.8 Å². The van der Waals surface area contributed by atoms with Gasteiger partial charge in [-0.2, -0.15) is 4.31 Å². The maximum atomic E-state index is 11.8. The van der Waals surface area contributed by atoms with E-state index in [1.165, 1.54) is 4.31 Å². The third kappa shape index (κ3) is 2.43. The van der Waals surface area contributed by atoms with Gasteiger partial charge < -0.3 is 5.32 Å². The van der Waals surface area contributed by atoms with Crippen LogP contribution in [0.2, 0.25) is 0 Å². The normalized spacial score (nSPS) is 22.5. The molecular weight excluding hydrogens is 240 g/mol. The molecule has 1 heterocycles. The SMILES string of the molecule is CC1(C)C(=O)NCCN1S(=O)(=O)CCCl. The molecule has 1 aliphatic rings. The summed E-state index contributed by atoms with van der Waals surface area (Å²) < 4.78 is 24.8. The Hall–Kier alpha value is -0.330. The number of carbonyl (C=O) groups excluding carboxylic acids is 1. The highest BCUT2D eigenvalue weighted by molar-refractivity contribution is 7.89. The summed E-state index contributed by atoms with van der Waals surface area (Å²) in [4.78, 5) is 11.5. The van der Waals surface area contributed by atoms with E-state index in [1.807, 2.05) is 0 Å². The van der Waals surface area contributed by atoms with Crippen molar-refractivity contribution >= 4 is 27.5 Å². The average molecular weight is 255 g/mol. The molecule has 1 saturated heterocycles. The molecule has 0 aromatic heterocycles. The van der Waals surface area contributed by atoms with Crippen LogP contribution in [-0.2, 0) is 14.8 Å². The van der Waals surface area contributed by atoms with Gasteiger partial charge in [0.15, 0.2) is 0 Å². The van der Waals surface area contributed by atoms with Gasteiger partial charge in [-0.05, 0) is 13.8 Å². The average Bonchev–Trinajstić information content (AvgIpc) is 2.09. The third-order valence-electron chi connectivity index (χ3n) is 2.45. The lowest BCUT2D eigenvalue weighted by atomic mass is 10.0. The monoisotopic (exact) mass is 254 g/mol. The standard InChI is InChI=1S/C8H15ClN2O3S/c1-8(2)7(12)10-4-5-11(8)15(13,14)6-3-9/h3-6H2,1-2H3,(H,10,12). The minimum Gasteiger partial charge on any atom is -0.353 e. The van der Waals surface area contributed by atoms with E-state index in [0.29, 0.717) is 13.1 Å². The quantitative estimate of drug-likeness (QED) is 0.708. The van der Waals surface area contributed by atoms with E-state index >= 15 is 0 Å². The first-order valence-corrected chi connectivity index (χ1v) is 6.81. The second kappa shape index (κ2) is 4.27. The molecule has 0 aromatic rings. The van der Waals surface area contributed by atoms with Crippen molar-refractivity contribution in [2.24, 2.45) is 0 Å². The van der Waals surface area contributed by atoms with E-state index in [4.69, 9.17) is 11.6 Å². The van der Waals surface area contributed by atoms with Crippen LogP contribution in [0.4, 0.5) is 0 Å². The van der Waals surface area contributed by atoms with Crippen LogP contribution >= 0.6 is 11.6 Å². The van der Waals surface area contributed by atoms with Crippen molar-refractivity contribution in [1.29, 1.82) is 0 Å². The molecule has 0 unspecified atom stereocenters. The van der Waals surface area contributed by atoms with Gasteiger partial charge in [0, 0.05) is 19.0 Å². The minimum absolute atomic E-state index is 0.0382. The number of alkyl halides is 1. The Labute approximate surface area is 94.8 Å². The van der Waals surface area contributed by atoms with Gasteiger partial charge in [-0.15, -0.1) is 11.6 Å². The number of piperazine rings is 1. The first-order valence-electron chi connectivity index (χ1n) is 4.67. The van der Waals surface area contributed by atoms with Crippen LogP contribution in [0, 0.1) is 0 Å². The molecule has 0 radical (unpaired) electrons. The molecule has 1 rings (SSSR count). The van der Waals surface area contributed by atoms with Gasteiger partial charge in [0.2, 0.25) is 15.9 Å². The summed E-state index contributed by atoms with van der Waals surface area (Å²) in [6, 6.07) is 0.